The number of sulfonamides is 1. The molecule has 3 heterocycles. The summed E-state index contributed by atoms with van der Waals surface area (Å²) in [6.07, 6.45) is 5.06. The standard InChI is InChI=1S/C15H20N8O2S/c1-3-23-10-20-11-9-19-14(8-12(11)23)21-13-4-5-17-15(22-13)18-6-7-26(24,25)16-2/h4-5,8-10,16H,3,6-7H2,1-2H3,(H2,17,18,19,21,22). The molecule has 3 N–H and O–H groups in total. The van der Waals surface area contributed by atoms with Gasteiger partial charge in [-0.1, -0.05) is 0 Å². The van der Waals surface area contributed by atoms with Crippen molar-refractivity contribution in [3.8, 4) is 0 Å². The molecular formula is C15H20N8O2S. The largest absolute Gasteiger partial charge is 0.353 e. The van der Waals surface area contributed by atoms with Gasteiger partial charge in [-0.15, -0.1) is 0 Å². The quantitative estimate of drug-likeness (QED) is 0.530. The fourth-order valence-electron chi connectivity index (χ4n) is 2.33. The second-order valence-electron chi connectivity index (χ2n) is 5.43. The van der Waals surface area contributed by atoms with Gasteiger partial charge >= 0.3 is 0 Å². The van der Waals surface area contributed by atoms with E-state index in [1.165, 1.54) is 7.05 Å². The summed E-state index contributed by atoms with van der Waals surface area (Å²) in [5, 5.41) is 6.01. The fraction of sp³-hybridized carbons (Fsp3) is 0.333. The molecule has 3 rings (SSSR count). The van der Waals surface area contributed by atoms with E-state index in [1.54, 1.807) is 24.8 Å². The number of anilines is 3. The van der Waals surface area contributed by atoms with Crippen molar-refractivity contribution in [3.05, 3.63) is 30.9 Å². The second-order valence-corrected chi connectivity index (χ2v) is 7.48. The Labute approximate surface area is 151 Å². The van der Waals surface area contributed by atoms with Gasteiger partial charge in [0, 0.05) is 25.4 Å². The average molecular weight is 376 g/mol. The maximum atomic E-state index is 11.4. The predicted octanol–water partition coefficient (Wildman–Crippen LogP) is 0.946. The van der Waals surface area contributed by atoms with Crippen LogP contribution in [-0.2, 0) is 16.6 Å². The number of rotatable bonds is 8. The highest BCUT2D eigenvalue weighted by atomic mass is 32.2. The first-order chi connectivity index (χ1) is 12.5. The molecule has 0 spiro atoms. The molecular weight excluding hydrogens is 356 g/mol. The molecule has 0 amide bonds. The van der Waals surface area contributed by atoms with Crippen molar-refractivity contribution in [2.24, 2.45) is 0 Å². The van der Waals surface area contributed by atoms with E-state index in [2.05, 4.69) is 35.3 Å². The molecule has 3 aromatic rings. The summed E-state index contributed by atoms with van der Waals surface area (Å²) in [6.45, 7) is 3.06. The highest BCUT2D eigenvalue weighted by Crippen LogP contribution is 2.18. The molecule has 0 aliphatic rings. The van der Waals surface area contributed by atoms with E-state index in [-0.39, 0.29) is 12.3 Å². The third-order valence-corrected chi connectivity index (χ3v) is 5.09. The summed E-state index contributed by atoms with van der Waals surface area (Å²) in [5.74, 6) is 1.45. The first kappa shape index (κ1) is 18.0. The van der Waals surface area contributed by atoms with Crippen LogP contribution >= 0.6 is 0 Å². The van der Waals surface area contributed by atoms with Crippen molar-refractivity contribution in [1.82, 2.24) is 29.2 Å². The van der Waals surface area contributed by atoms with Crippen LogP contribution in [-0.4, -0.2) is 52.3 Å². The third kappa shape index (κ3) is 4.24. The zero-order chi connectivity index (χ0) is 18.6. The summed E-state index contributed by atoms with van der Waals surface area (Å²) in [5.41, 5.74) is 1.81. The highest BCUT2D eigenvalue weighted by Gasteiger charge is 2.08. The van der Waals surface area contributed by atoms with Crippen molar-refractivity contribution >= 4 is 38.6 Å². The molecule has 0 radical (unpaired) electrons. The molecule has 3 aromatic heterocycles. The minimum absolute atomic E-state index is 0.0657. The minimum Gasteiger partial charge on any atom is -0.353 e. The smallest absolute Gasteiger partial charge is 0.224 e. The van der Waals surface area contributed by atoms with Crippen LogP contribution in [0.25, 0.3) is 11.0 Å². The van der Waals surface area contributed by atoms with Crippen LogP contribution in [0.3, 0.4) is 0 Å². The lowest BCUT2D eigenvalue weighted by Crippen LogP contribution is -2.26. The maximum absolute atomic E-state index is 11.4. The third-order valence-electron chi connectivity index (χ3n) is 3.72. The minimum atomic E-state index is -3.27. The van der Waals surface area contributed by atoms with E-state index in [0.717, 1.165) is 17.6 Å². The molecule has 10 nitrogen and oxygen atoms in total. The fourth-order valence-corrected chi connectivity index (χ4v) is 2.90. The molecule has 0 aliphatic carbocycles. The zero-order valence-electron chi connectivity index (χ0n) is 14.5. The van der Waals surface area contributed by atoms with Gasteiger partial charge in [0.05, 0.1) is 23.8 Å². The second kappa shape index (κ2) is 7.62. The number of imidazole rings is 1. The van der Waals surface area contributed by atoms with Gasteiger partial charge in [0.25, 0.3) is 0 Å². The van der Waals surface area contributed by atoms with Crippen LogP contribution in [0.2, 0.25) is 0 Å². The van der Waals surface area contributed by atoms with Crippen LogP contribution in [0.1, 0.15) is 6.92 Å². The van der Waals surface area contributed by atoms with Gasteiger partial charge < -0.3 is 15.2 Å². The average Bonchev–Trinajstić information content (AvgIpc) is 3.04. The predicted molar refractivity (Wildman–Crippen MR) is 99.9 cm³/mol. The van der Waals surface area contributed by atoms with E-state index >= 15 is 0 Å². The number of hydrogen-bond acceptors (Lipinski definition) is 8. The molecule has 138 valence electrons. The lowest BCUT2D eigenvalue weighted by atomic mass is 10.4. The number of pyridine rings is 1. The number of hydrogen-bond donors (Lipinski definition) is 3. The number of nitrogens with zero attached hydrogens (tertiary/aromatic N) is 5. The van der Waals surface area contributed by atoms with Crippen molar-refractivity contribution in [3.63, 3.8) is 0 Å². The topological polar surface area (TPSA) is 127 Å². The molecule has 0 unspecified atom stereocenters. The van der Waals surface area contributed by atoms with Crippen LogP contribution < -0.4 is 15.4 Å². The zero-order valence-corrected chi connectivity index (χ0v) is 15.3. The Kier molecular flexibility index (Phi) is 5.28. The molecule has 0 saturated heterocycles. The molecule has 0 bridgehead atoms. The van der Waals surface area contributed by atoms with E-state index in [1.807, 2.05) is 17.6 Å². The van der Waals surface area contributed by atoms with Crippen LogP contribution in [0.5, 0.6) is 0 Å². The summed E-state index contributed by atoms with van der Waals surface area (Å²) in [4.78, 5) is 17.0. The van der Waals surface area contributed by atoms with Crippen LogP contribution in [0, 0.1) is 0 Å². The Morgan fingerprint density at radius 2 is 2.04 bits per heavy atom. The van der Waals surface area contributed by atoms with Gasteiger partial charge in [-0.2, -0.15) is 4.98 Å². The maximum Gasteiger partial charge on any atom is 0.224 e. The number of fused-ring (bicyclic) bond motifs is 1. The van der Waals surface area contributed by atoms with E-state index < -0.39 is 10.0 Å². The summed E-state index contributed by atoms with van der Waals surface area (Å²) >= 11 is 0. The van der Waals surface area contributed by atoms with Gasteiger partial charge in [-0.05, 0) is 20.0 Å². The Bertz CT molecular complexity index is 1000. The first-order valence-electron chi connectivity index (χ1n) is 8.07. The SMILES string of the molecule is CCn1cnc2cnc(Nc3ccnc(NCCS(=O)(=O)NC)n3)cc21. The Hall–Kier alpha value is -2.79. The Morgan fingerprint density at radius 1 is 1.19 bits per heavy atom. The molecule has 0 fully saturated rings. The van der Waals surface area contributed by atoms with Crippen LogP contribution in [0.4, 0.5) is 17.6 Å². The van der Waals surface area contributed by atoms with Crippen molar-refractivity contribution in [1.29, 1.82) is 0 Å². The highest BCUT2D eigenvalue weighted by molar-refractivity contribution is 7.89. The molecule has 0 atom stereocenters. The Balaban J connectivity index is 1.70. The molecule has 11 heteroatoms. The monoisotopic (exact) mass is 376 g/mol. The summed E-state index contributed by atoms with van der Waals surface area (Å²) in [6, 6.07) is 3.61. The lowest BCUT2D eigenvalue weighted by Gasteiger charge is -2.08. The molecule has 0 aromatic carbocycles. The summed E-state index contributed by atoms with van der Waals surface area (Å²) in [7, 11) is -1.89. The first-order valence-corrected chi connectivity index (χ1v) is 9.72. The normalized spacial score (nSPS) is 11.6. The van der Waals surface area contributed by atoms with E-state index in [4.69, 9.17) is 0 Å². The van der Waals surface area contributed by atoms with Gasteiger partial charge in [0.1, 0.15) is 17.2 Å². The van der Waals surface area contributed by atoms with Crippen molar-refractivity contribution < 1.29 is 8.42 Å². The molecule has 0 aliphatic heterocycles. The van der Waals surface area contributed by atoms with E-state index in [9.17, 15) is 8.42 Å². The van der Waals surface area contributed by atoms with Crippen LogP contribution in [0.15, 0.2) is 30.9 Å². The van der Waals surface area contributed by atoms with E-state index in [0.29, 0.717) is 17.6 Å². The summed E-state index contributed by atoms with van der Waals surface area (Å²) < 4.78 is 27.1. The van der Waals surface area contributed by atoms with Crippen molar-refractivity contribution in [2.75, 3.05) is 30.0 Å². The molecule has 26 heavy (non-hydrogen) atoms. The van der Waals surface area contributed by atoms with Gasteiger partial charge in [0.2, 0.25) is 16.0 Å². The van der Waals surface area contributed by atoms with Gasteiger partial charge in [0.15, 0.2) is 0 Å². The number of nitrogens with one attached hydrogen (secondary N) is 3. The van der Waals surface area contributed by atoms with Gasteiger partial charge in [-0.25, -0.2) is 28.1 Å². The Morgan fingerprint density at radius 3 is 2.81 bits per heavy atom. The lowest BCUT2D eigenvalue weighted by molar-refractivity contribution is 0.588. The molecule has 0 saturated carbocycles. The number of aromatic nitrogens is 5. The van der Waals surface area contributed by atoms with Gasteiger partial charge in [-0.3, -0.25) is 0 Å². The van der Waals surface area contributed by atoms with Crippen molar-refractivity contribution in [2.45, 2.75) is 13.5 Å². The number of aryl methyl sites for hydroxylation is 1.